The lowest BCUT2D eigenvalue weighted by Crippen LogP contribution is -2.53. The Bertz CT molecular complexity index is 438. The lowest BCUT2D eigenvalue weighted by atomic mass is 10.2. The van der Waals surface area contributed by atoms with Crippen molar-refractivity contribution in [2.75, 3.05) is 26.2 Å². The number of hydrogen-bond donors (Lipinski definition) is 1. The van der Waals surface area contributed by atoms with Crippen LogP contribution < -0.4 is 5.32 Å². The van der Waals surface area contributed by atoms with Crippen LogP contribution in [0.25, 0.3) is 0 Å². The van der Waals surface area contributed by atoms with Gasteiger partial charge >= 0.3 is 0 Å². The average molecular weight is 293 g/mol. The van der Waals surface area contributed by atoms with Crippen molar-refractivity contribution in [1.29, 1.82) is 0 Å². The molecule has 1 aliphatic carbocycles. The third kappa shape index (κ3) is 3.22. The van der Waals surface area contributed by atoms with Gasteiger partial charge in [-0.3, -0.25) is 9.69 Å². The molecular formula is C15H23N3OS. The highest BCUT2D eigenvalue weighted by molar-refractivity contribution is 7.09. The molecule has 0 bridgehead atoms. The van der Waals surface area contributed by atoms with E-state index < -0.39 is 0 Å². The third-order valence-corrected chi connectivity index (χ3v) is 5.08. The maximum Gasteiger partial charge on any atom is 0.239 e. The zero-order chi connectivity index (χ0) is 13.9. The lowest BCUT2D eigenvalue weighted by molar-refractivity contribution is -0.137. The van der Waals surface area contributed by atoms with Crippen LogP contribution >= 0.6 is 11.3 Å². The minimum atomic E-state index is 0.00250. The van der Waals surface area contributed by atoms with Crippen LogP contribution in [0.15, 0.2) is 17.5 Å². The number of thiophene rings is 1. The molecule has 0 radical (unpaired) electrons. The summed E-state index contributed by atoms with van der Waals surface area (Å²) >= 11 is 1.78. The predicted octanol–water partition coefficient (Wildman–Crippen LogP) is 1.53. The number of carbonyl (C=O) groups is 1. The minimum Gasteiger partial charge on any atom is -0.339 e. The van der Waals surface area contributed by atoms with Gasteiger partial charge in [-0.05, 0) is 31.2 Å². The summed E-state index contributed by atoms with van der Waals surface area (Å²) in [6, 6.07) is 4.87. The summed E-state index contributed by atoms with van der Waals surface area (Å²) in [6.07, 6.45) is 2.48. The molecule has 5 heteroatoms. The third-order valence-electron chi connectivity index (χ3n) is 4.22. The Balaban J connectivity index is 1.65. The molecule has 2 heterocycles. The Morgan fingerprint density at radius 2 is 2.25 bits per heavy atom. The largest absolute Gasteiger partial charge is 0.339 e. The number of piperazine rings is 1. The van der Waals surface area contributed by atoms with Crippen LogP contribution in [0.5, 0.6) is 0 Å². The molecule has 1 aromatic heterocycles. The van der Waals surface area contributed by atoms with Crippen LogP contribution in [0, 0.1) is 0 Å². The van der Waals surface area contributed by atoms with Gasteiger partial charge in [0.1, 0.15) is 0 Å². The second-order valence-electron chi connectivity index (χ2n) is 5.73. The summed E-state index contributed by atoms with van der Waals surface area (Å²) in [7, 11) is 0. The highest BCUT2D eigenvalue weighted by Crippen LogP contribution is 2.31. The van der Waals surface area contributed by atoms with Crippen LogP contribution in [0.1, 0.15) is 24.6 Å². The monoisotopic (exact) mass is 293 g/mol. The van der Waals surface area contributed by atoms with Gasteiger partial charge in [0, 0.05) is 43.6 Å². The summed E-state index contributed by atoms with van der Waals surface area (Å²) in [5.74, 6) is 0.301. The van der Waals surface area contributed by atoms with E-state index in [9.17, 15) is 4.79 Å². The fourth-order valence-corrected chi connectivity index (χ4v) is 3.57. The SMILES string of the molecule is CC(C(=O)N1CCNCC1)N(Cc1cccs1)C1CC1. The van der Waals surface area contributed by atoms with Gasteiger partial charge in [0.05, 0.1) is 6.04 Å². The first kappa shape index (κ1) is 14.0. The highest BCUT2D eigenvalue weighted by atomic mass is 32.1. The Hall–Kier alpha value is -0.910. The molecule has 2 fully saturated rings. The lowest BCUT2D eigenvalue weighted by Gasteiger charge is -2.34. The molecule has 110 valence electrons. The Morgan fingerprint density at radius 3 is 2.85 bits per heavy atom. The number of hydrogen-bond acceptors (Lipinski definition) is 4. The fourth-order valence-electron chi connectivity index (χ4n) is 2.86. The van der Waals surface area contributed by atoms with Gasteiger partial charge in [-0.15, -0.1) is 11.3 Å². The zero-order valence-electron chi connectivity index (χ0n) is 12.0. The maximum atomic E-state index is 12.7. The van der Waals surface area contributed by atoms with Gasteiger partial charge < -0.3 is 10.2 Å². The molecule has 0 aromatic carbocycles. The smallest absolute Gasteiger partial charge is 0.239 e. The van der Waals surface area contributed by atoms with E-state index in [2.05, 4.69) is 34.7 Å². The average Bonchev–Trinajstić information content (AvgIpc) is 3.21. The number of nitrogens with one attached hydrogen (secondary N) is 1. The van der Waals surface area contributed by atoms with Crippen molar-refractivity contribution in [3.8, 4) is 0 Å². The Morgan fingerprint density at radius 1 is 1.50 bits per heavy atom. The van der Waals surface area contributed by atoms with E-state index in [1.54, 1.807) is 11.3 Å². The molecule has 2 aliphatic rings. The number of carbonyl (C=O) groups excluding carboxylic acids is 1. The zero-order valence-corrected chi connectivity index (χ0v) is 12.9. The topological polar surface area (TPSA) is 35.6 Å². The van der Waals surface area contributed by atoms with E-state index in [0.29, 0.717) is 11.9 Å². The fraction of sp³-hybridized carbons (Fsp3) is 0.667. The van der Waals surface area contributed by atoms with Crippen molar-refractivity contribution in [2.45, 2.75) is 38.4 Å². The second kappa shape index (κ2) is 6.24. The summed E-state index contributed by atoms with van der Waals surface area (Å²) in [4.78, 5) is 18.4. The van der Waals surface area contributed by atoms with Crippen molar-refractivity contribution < 1.29 is 4.79 Å². The molecule has 1 saturated carbocycles. The minimum absolute atomic E-state index is 0.00250. The van der Waals surface area contributed by atoms with Gasteiger partial charge in [0.25, 0.3) is 0 Å². The van der Waals surface area contributed by atoms with Gasteiger partial charge in [0.15, 0.2) is 0 Å². The van der Waals surface area contributed by atoms with Gasteiger partial charge in [0.2, 0.25) is 5.91 Å². The van der Waals surface area contributed by atoms with E-state index in [1.807, 2.05) is 4.90 Å². The normalized spacial score (nSPS) is 21.2. The van der Waals surface area contributed by atoms with Crippen LogP contribution in [0.3, 0.4) is 0 Å². The molecule has 1 atom stereocenters. The second-order valence-corrected chi connectivity index (χ2v) is 6.77. The predicted molar refractivity (Wildman–Crippen MR) is 81.8 cm³/mol. The van der Waals surface area contributed by atoms with Crippen LogP contribution in [0.4, 0.5) is 0 Å². The molecule has 0 spiro atoms. The molecule has 1 amide bonds. The molecule has 1 saturated heterocycles. The van der Waals surface area contributed by atoms with E-state index in [-0.39, 0.29) is 6.04 Å². The van der Waals surface area contributed by atoms with Crippen molar-refractivity contribution in [3.05, 3.63) is 22.4 Å². The Labute approximate surface area is 124 Å². The van der Waals surface area contributed by atoms with Crippen molar-refractivity contribution in [2.24, 2.45) is 0 Å². The number of nitrogens with zero attached hydrogens (tertiary/aromatic N) is 2. The van der Waals surface area contributed by atoms with Gasteiger partial charge in [-0.1, -0.05) is 6.07 Å². The first-order valence-corrected chi connectivity index (χ1v) is 8.41. The standard InChI is InChI=1S/C15H23N3OS/c1-12(15(19)17-8-6-16-7-9-17)18(13-4-5-13)11-14-3-2-10-20-14/h2-3,10,12-13,16H,4-9,11H2,1H3. The van der Waals surface area contributed by atoms with E-state index >= 15 is 0 Å². The number of rotatable bonds is 5. The van der Waals surface area contributed by atoms with Crippen LogP contribution in [0.2, 0.25) is 0 Å². The first-order valence-electron chi connectivity index (χ1n) is 7.53. The van der Waals surface area contributed by atoms with Crippen molar-refractivity contribution in [3.63, 3.8) is 0 Å². The van der Waals surface area contributed by atoms with E-state index in [4.69, 9.17) is 0 Å². The molecule has 20 heavy (non-hydrogen) atoms. The van der Waals surface area contributed by atoms with Crippen LogP contribution in [-0.4, -0.2) is 54.0 Å². The molecule has 4 nitrogen and oxygen atoms in total. The Kier molecular flexibility index (Phi) is 4.38. The summed E-state index contributed by atoms with van der Waals surface area (Å²) < 4.78 is 0. The van der Waals surface area contributed by atoms with Gasteiger partial charge in [-0.2, -0.15) is 0 Å². The van der Waals surface area contributed by atoms with Crippen molar-refractivity contribution >= 4 is 17.2 Å². The quantitative estimate of drug-likeness (QED) is 0.894. The van der Waals surface area contributed by atoms with E-state index in [0.717, 1.165) is 32.7 Å². The molecule has 1 N–H and O–H groups in total. The van der Waals surface area contributed by atoms with Crippen LogP contribution in [-0.2, 0) is 11.3 Å². The maximum absolute atomic E-state index is 12.7. The summed E-state index contributed by atoms with van der Waals surface area (Å²) in [6.45, 7) is 6.54. The molecule has 3 rings (SSSR count). The molecular weight excluding hydrogens is 270 g/mol. The molecule has 1 unspecified atom stereocenters. The first-order chi connectivity index (χ1) is 9.75. The van der Waals surface area contributed by atoms with Crippen molar-refractivity contribution in [1.82, 2.24) is 15.1 Å². The van der Waals surface area contributed by atoms with Gasteiger partial charge in [-0.25, -0.2) is 0 Å². The number of amides is 1. The molecule has 1 aliphatic heterocycles. The summed E-state index contributed by atoms with van der Waals surface area (Å²) in [5, 5.41) is 5.42. The molecule has 1 aromatic rings. The highest BCUT2D eigenvalue weighted by Gasteiger charge is 2.36. The van der Waals surface area contributed by atoms with E-state index in [1.165, 1.54) is 17.7 Å². The summed E-state index contributed by atoms with van der Waals surface area (Å²) in [5.41, 5.74) is 0.